The summed E-state index contributed by atoms with van der Waals surface area (Å²) in [4.78, 5) is 0. The highest BCUT2D eigenvalue weighted by molar-refractivity contribution is 4.97. The van der Waals surface area contributed by atoms with Crippen LogP contribution in [0.25, 0.3) is 0 Å². The highest BCUT2D eigenvalue weighted by Gasteiger charge is 1.91. The number of hydrogen-bond acceptors (Lipinski definition) is 2. The van der Waals surface area contributed by atoms with Gasteiger partial charge < -0.3 is 9.73 Å². The molecule has 0 aliphatic carbocycles. The van der Waals surface area contributed by atoms with Gasteiger partial charge >= 0.3 is 0 Å². The van der Waals surface area contributed by atoms with Crippen molar-refractivity contribution < 1.29 is 4.42 Å². The molecule has 0 atom stereocenters. The lowest BCUT2D eigenvalue weighted by Crippen LogP contribution is -2.12. The van der Waals surface area contributed by atoms with Crippen molar-refractivity contribution in [2.24, 2.45) is 0 Å². The summed E-state index contributed by atoms with van der Waals surface area (Å²) in [6, 6.07) is 3.88. The topological polar surface area (TPSA) is 25.2 Å². The molecule has 0 bridgehead atoms. The lowest BCUT2D eigenvalue weighted by Gasteiger charge is -1.97. The summed E-state index contributed by atoms with van der Waals surface area (Å²) in [6.07, 6.45) is 2.86. The standard InChI is InChI=1S/C8H13NO.C2H6/c1-2-5-9-7-8-4-3-6-10-8;1-2/h3-4,6,9H,2,5,7H2,1H3;1-2H3. The Morgan fingerprint density at radius 3 is 2.67 bits per heavy atom. The molecule has 0 spiro atoms. The zero-order valence-electron chi connectivity index (χ0n) is 8.26. The van der Waals surface area contributed by atoms with Crippen LogP contribution in [0.3, 0.4) is 0 Å². The van der Waals surface area contributed by atoms with Crippen LogP contribution in [0.1, 0.15) is 33.0 Å². The first-order valence-corrected chi connectivity index (χ1v) is 4.66. The third-order valence-electron chi connectivity index (χ3n) is 1.31. The Morgan fingerprint density at radius 2 is 2.17 bits per heavy atom. The van der Waals surface area contributed by atoms with Gasteiger partial charge in [-0.1, -0.05) is 20.8 Å². The minimum atomic E-state index is 0.848. The van der Waals surface area contributed by atoms with Crippen molar-refractivity contribution in [3.8, 4) is 0 Å². The smallest absolute Gasteiger partial charge is 0.117 e. The largest absolute Gasteiger partial charge is 0.468 e. The first kappa shape index (κ1) is 11.2. The van der Waals surface area contributed by atoms with Crippen LogP contribution >= 0.6 is 0 Å². The van der Waals surface area contributed by atoms with E-state index in [2.05, 4.69) is 12.2 Å². The Hall–Kier alpha value is -0.760. The van der Waals surface area contributed by atoms with E-state index in [4.69, 9.17) is 4.42 Å². The van der Waals surface area contributed by atoms with Gasteiger partial charge in [-0.3, -0.25) is 0 Å². The molecule has 12 heavy (non-hydrogen) atoms. The molecule has 0 unspecified atom stereocenters. The number of furan rings is 1. The molecule has 0 aliphatic rings. The van der Waals surface area contributed by atoms with E-state index in [1.165, 1.54) is 6.42 Å². The average molecular weight is 169 g/mol. The third kappa shape index (κ3) is 4.97. The molecule has 0 fully saturated rings. The van der Waals surface area contributed by atoms with Gasteiger partial charge in [0.05, 0.1) is 12.8 Å². The summed E-state index contributed by atoms with van der Waals surface area (Å²) in [7, 11) is 0. The summed E-state index contributed by atoms with van der Waals surface area (Å²) in [5.74, 6) is 1.01. The predicted molar refractivity (Wildman–Crippen MR) is 52.1 cm³/mol. The highest BCUT2D eigenvalue weighted by Crippen LogP contribution is 1.97. The minimum Gasteiger partial charge on any atom is -0.468 e. The van der Waals surface area contributed by atoms with Crippen LogP contribution < -0.4 is 5.32 Å². The van der Waals surface area contributed by atoms with Crippen LogP contribution in [0.4, 0.5) is 0 Å². The zero-order valence-corrected chi connectivity index (χ0v) is 8.26. The molecule has 0 saturated heterocycles. The maximum atomic E-state index is 5.12. The van der Waals surface area contributed by atoms with Crippen LogP contribution in [0, 0.1) is 0 Å². The Balaban J connectivity index is 0.000000561. The van der Waals surface area contributed by atoms with E-state index in [9.17, 15) is 0 Å². The van der Waals surface area contributed by atoms with E-state index in [0.29, 0.717) is 0 Å². The van der Waals surface area contributed by atoms with Crippen molar-refractivity contribution in [1.82, 2.24) is 5.32 Å². The van der Waals surface area contributed by atoms with Crippen molar-refractivity contribution in [2.75, 3.05) is 6.54 Å². The molecule has 2 nitrogen and oxygen atoms in total. The second-order valence-electron chi connectivity index (χ2n) is 2.26. The quantitative estimate of drug-likeness (QED) is 0.701. The predicted octanol–water partition coefficient (Wildman–Crippen LogP) is 2.81. The maximum Gasteiger partial charge on any atom is 0.117 e. The van der Waals surface area contributed by atoms with Crippen LogP contribution in [-0.4, -0.2) is 6.54 Å². The molecule has 1 rings (SSSR count). The van der Waals surface area contributed by atoms with Gasteiger partial charge in [-0.25, -0.2) is 0 Å². The molecule has 1 aromatic rings. The van der Waals surface area contributed by atoms with Crippen LogP contribution in [0.5, 0.6) is 0 Å². The maximum absolute atomic E-state index is 5.12. The van der Waals surface area contributed by atoms with Crippen molar-refractivity contribution >= 4 is 0 Å². The SMILES string of the molecule is CC.CCCNCc1ccco1. The van der Waals surface area contributed by atoms with Crippen LogP contribution in [0.15, 0.2) is 22.8 Å². The van der Waals surface area contributed by atoms with Crippen molar-refractivity contribution in [1.29, 1.82) is 0 Å². The van der Waals surface area contributed by atoms with Gasteiger partial charge in [0.1, 0.15) is 5.76 Å². The molecule has 0 aromatic carbocycles. The molecule has 1 heterocycles. The third-order valence-corrected chi connectivity index (χ3v) is 1.31. The first-order chi connectivity index (χ1) is 5.93. The molecule has 0 aliphatic heterocycles. The number of rotatable bonds is 4. The summed E-state index contributed by atoms with van der Waals surface area (Å²) in [5.41, 5.74) is 0. The molecule has 0 radical (unpaired) electrons. The van der Waals surface area contributed by atoms with Gasteiger partial charge in [0, 0.05) is 0 Å². The van der Waals surface area contributed by atoms with E-state index in [1.54, 1.807) is 6.26 Å². The molecule has 1 N–H and O–H groups in total. The molecule has 2 heteroatoms. The first-order valence-electron chi connectivity index (χ1n) is 4.66. The summed E-state index contributed by atoms with van der Waals surface area (Å²) < 4.78 is 5.12. The lowest BCUT2D eigenvalue weighted by molar-refractivity contribution is 0.483. The van der Waals surface area contributed by atoms with Crippen molar-refractivity contribution in [2.45, 2.75) is 33.7 Å². The monoisotopic (exact) mass is 169 g/mol. The molecule has 0 saturated carbocycles. The van der Waals surface area contributed by atoms with Gasteiger partial charge in [0.25, 0.3) is 0 Å². The van der Waals surface area contributed by atoms with E-state index in [0.717, 1.165) is 18.8 Å². The minimum absolute atomic E-state index is 0.848. The molecular formula is C10H19NO. The molecule has 70 valence electrons. The average Bonchev–Trinajstić information content (AvgIpc) is 2.61. The van der Waals surface area contributed by atoms with Gasteiger partial charge in [-0.15, -0.1) is 0 Å². The Bertz CT molecular complexity index is 158. The fraction of sp³-hybridized carbons (Fsp3) is 0.600. The van der Waals surface area contributed by atoms with E-state index >= 15 is 0 Å². The number of hydrogen-bond donors (Lipinski definition) is 1. The van der Waals surface area contributed by atoms with Crippen LogP contribution in [-0.2, 0) is 6.54 Å². The molecule has 1 aromatic heterocycles. The normalized spacial score (nSPS) is 8.92. The summed E-state index contributed by atoms with van der Waals surface area (Å²) >= 11 is 0. The van der Waals surface area contributed by atoms with E-state index in [-0.39, 0.29) is 0 Å². The Labute approximate surface area is 75.0 Å². The fourth-order valence-electron chi connectivity index (χ4n) is 0.802. The molecule has 0 amide bonds. The van der Waals surface area contributed by atoms with Crippen molar-refractivity contribution in [3.05, 3.63) is 24.2 Å². The van der Waals surface area contributed by atoms with Crippen molar-refractivity contribution in [3.63, 3.8) is 0 Å². The highest BCUT2D eigenvalue weighted by atomic mass is 16.3. The van der Waals surface area contributed by atoms with Gasteiger partial charge in [0.2, 0.25) is 0 Å². The number of nitrogens with one attached hydrogen (secondary N) is 1. The lowest BCUT2D eigenvalue weighted by atomic mass is 10.4. The van der Waals surface area contributed by atoms with Crippen LogP contribution in [0.2, 0.25) is 0 Å². The summed E-state index contributed by atoms with van der Waals surface area (Å²) in [6.45, 7) is 8.05. The fourth-order valence-corrected chi connectivity index (χ4v) is 0.802. The zero-order chi connectivity index (χ0) is 9.23. The second-order valence-corrected chi connectivity index (χ2v) is 2.26. The van der Waals surface area contributed by atoms with Gasteiger partial charge in [-0.05, 0) is 25.1 Å². The molecular weight excluding hydrogens is 150 g/mol. The second kappa shape index (κ2) is 8.34. The van der Waals surface area contributed by atoms with Gasteiger partial charge in [-0.2, -0.15) is 0 Å². The van der Waals surface area contributed by atoms with Gasteiger partial charge in [0.15, 0.2) is 0 Å². The Kier molecular flexibility index (Phi) is 7.81. The van der Waals surface area contributed by atoms with E-state index < -0.39 is 0 Å². The Morgan fingerprint density at radius 1 is 1.42 bits per heavy atom. The summed E-state index contributed by atoms with van der Waals surface area (Å²) in [5, 5.41) is 3.24. The van der Waals surface area contributed by atoms with E-state index in [1.807, 2.05) is 26.0 Å².